The third kappa shape index (κ3) is 7.96. The first-order valence-corrected chi connectivity index (χ1v) is 10.8. The summed E-state index contributed by atoms with van der Waals surface area (Å²) in [6.45, 7) is 2.87. The lowest BCUT2D eigenvalue weighted by molar-refractivity contribution is -0.143. The van der Waals surface area contributed by atoms with Gasteiger partial charge < -0.3 is 19.0 Å². The molecule has 0 saturated carbocycles. The Morgan fingerprint density at radius 2 is 1.70 bits per heavy atom. The van der Waals surface area contributed by atoms with Crippen molar-refractivity contribution in [2.75, 3.05) is 20.3 Å². The summed E-state index contributed by atoms with van der Waals surface area (Å²) in [5.74, 6) is 1.05. The third-order valence-electron chi connectivity index (χ3n) is 4.71. The zero-order chi connectivity index (χ0) is 23.3. The van der Waals surface area contributed by atoms with E-state index in [2.05, 4.69) is 10.1 Å². The van der Waals surface area contributed by atoms with Crippen molar-refractivity contribution in [2.24, 2.45) is 5.16 Å². The second-order valence-electron chi connectivity index (χ2n) is 7.12. The molecule has 0 fully saturated rings. The molecule has 3 rings (SSSR count). The van der Waals surface area contributed by atoms with Crippen molar-refractivity contribution in [1.82, 2.24) is 4.98 Å². The Labute approximate surface area is 194 Å². The summed E-state index contributed by atoms with van der Waals surface area (Å²) >= 11 is 0. The number of aromatic nitrogens is 1. The SMILES string of the molecule is CCOC(=O)CCc1ccc(OCc2ccc(OC/C(=N/OC)c3ccccc3)cc2)nc1. The number of hydrogen-bond donors (Lipinski definition) is 0. The number of esters is 1. The van der Waals surface area contributed by atoms with Crippen LogP contribution in [-0.2, 0) is 27.4 Å². The average Bonchev–Trinajstić information content (AvgIpc) is 2.86. The number of hydrogen-bond acceptors (Lipinski definition) is 7. The van der Waals surface area contributed by atoms with Crippen molar-refractivity contribution in [2.45, 2.75) is 26.4 Å². The number of rotatable bonds is 12. The number of carbonyl (C=O) groups is 1. The van der Waals surface area contributed by atoms with Crippen LogP contribution in [0.2, 0.25) is 0 Å². The van der Waals surface area contributed by atoms with Crippen LogP contribution in [0.1, 0.15) is 30.0 Å². The van der Waals surface area contributed by atoms with Crippen molar-refractivity contribution < 1.29 is 23.8 Å². The van der Waals surface area contributed by atoms with Gasteiger partial charge in [-0.15, -0.1) is 0 Å². The Bertz CT molecular complexity index is 1020. The molecule has 7 nitrogen and oxygen atoms in total. The van der Waals surface area contributed by atoms with Gasteiger partial charge >= 0.3 is 5.97 Å². The van der Waals surface area contributed by atoms with Gasteiger partial charge in [0.1, 0.15) is 31.8 Å². The van der Waals surface area contributed by atoms with E-state index in [0.717, 1.165) is 22.4 Å². The average molecular weight is 449 g/mol. The van der Waals surface area contributed by atoms with Crippen LogP contribution in [0.3, 0.4) is 0 Å². The van der Waals surface area contributed by atoms with Gasteiger partial charge in [-0.3, -0.25) is 4.79 Å². The fraction of sp³-hybridized carbons (Fsp3) is 0.269. The lowest BCUT2D eigenvalue weighted by Crippen LogP contribution is -2.13. The fourth-order valence-electron chi connectivity index (χ4n) is 3.02. The Hall–Kier alpha value is -3.87. The van der Waals surface area contributed by atoms with Crippen molar-refractivity contribution in [1.29, 1.82) is 0 Å². The molecule has 0 aliphatic rings. The summed E-state index contributed by atoms with van der Waals surface area (Å²) in [7, 11) is 1.52. The largest absolute Gasteiger partial charge is 0.487 e. The predicted octanol–water partition coefficient (Wildman–Crippen LogP) is 4.59. The van der Waals surface area contributed by atoms with Crippen molar-refractivity contribution in [3.05, 3.63) is 89.6 Å². The standard InChI is InChI=1S/C26H28N2O5/c1-3-31-26(29)16-12-20-11-15-25(27-17-20)33-18-21-9-13-23(14-10-21)32-19-24(28-30-2)22-7-5-4-6-8-22/h4-11,13-15,17H,3,12,16,18-19H2,1-2H3/b28-24-. The number of benzene rings is 2. The van der Waals surface area contributed by atoms with Crippen molar-refractivity contribution >= 4 is 11.7 Å². The summed E-state index contributed by atoms with van der Waals surface area (Å²) in [6.07, 6.45) is 2.65. The molecule has 7 heteroatoms. The summed E-state index contributed by atoms with van der Waals surface area (Å²) in [5.41, 5.74) is 3.61. The van der Waals surface area contributed by atoms with E-state index in [0.29, 0.717) is 44.3 Å². The summed E-state index contributed by atoms with van der Waals surface area (Å²) in [5, 5.41) is 4.07. The Balaban J connectivity index is 1.46. The molecular formula is C26H28N2O5. The molecule has 0 saturated heterocycles. The molecule has 0 aliphatic heterocycles. The number of nitrogens with zero attached hydrogens (tertiary/aromatic N) is 2. The molecule has 3 aromatic rings. The molecular weight excluding hydrogens is 420 g/mol. The molecule has 172 valence electrons. The molecule has 0 unspecified atom stereocenters. The van der Waals surface area contributed by atoms with Crippen LogP contribution in [0.4, 0.5) is 0 Å². The van der Waals surface area contributed by atoms with E-state index in [1.807, 2.05) is 60.7 Å². The van der Waals surface area contributed by atoms with Crippen LogP contribution in [0.5, 0.6) is 11.6 Å². The number of pyridine rings is 1. The first kappa shape index (κ1) is 23.8. The van der Waals surface area contributed by atoms with Gasteiger partial charge in [-0.1, -0.05) is 53.7 Å². The van der Waals surface area contributed by atoms with Gasteiger partial charge in [-0.05, 0) is 36.6 Å². The van der Waals surface area contributed by atoms with E-state index in [4.69, 9.17) is 19.0 Å². The first-order valence-electron chi connectivity index (χ1n) is 10.8. The van der Waals surface area contributed by atoms with E-state index in [1.54, 1.807) is 19.2 Å². The Morgan fingerprint density at radius 3 is 2.36 bits per heavy atom. The zero-order valence-corrected chi connectivity index (χ0v) is 18.9. The zero-order valence-electron chi connectivity index (χ0n) is 18.9. The van der Waals surface area contributed by atoms with Crippen LogP contribution in [0, 0.1) is 0 Å². The molecule has 0 radical (unpaired) electrons. The van der Waals surface area contributed by atoms with Crippen molar-refractivity contribution in [3.8, 4) is 11.6 Å². The van der Waals surface area contributed by atoms with E-state index in [9.17, 15) is 4.79 Å². The summed E-state index contributed by atoms with van der Waals surface area (Å²) in [4.78, 5) is 20.7. The van der Waals surface area contributed by atoms with E-state index < -0.39 is 0 Å². The summed E-state index contributed by atoms with van der Waals surface area (Å²) < 4.78 is 16.6. The van der Waals surface area contributed by atoms with Gasteiger partial charge in [0.2, 0.25) is 5.88 Å². The van der Waals surface area contributed by atoms with Gasteiger partial charge in [-0.2, -0.15) is 0 Å². The van der Waals surface area contributed by atoms with Gasteiger partial charge in [0.05, 0.1) is 6.61 Å². The highest BCUT2D eigenvalue weighted by Gasteiger charge is 2.07. The molecule has 0 N–H and O–H groups in total. The second kappa shape index (κ2) is 12.9. The molecule has 33 heavy (non-hydrogen) atoms. The highest BCUT2D eigenvalue weighted by atomic mass is 16.6. The fourth-order valence-corrected chi connectivity index (χ4v) is 3.02. The van der Waals surface area contributed by atoms with Gasteiger partial charge in [0, 0.05) is 24.2 Å². The molecule has 0 spiro atoms. The minimum Gasteiger partial charge on any atom is -0.487 e. The Kier molecular flexibility index (Phi) is 9.27. The lowest BCUT2D eigenvalue weighted by atomic mass is 10.1. The monoisotopic (exact) mass is 448 g/mol. The molecule has 1 heterocycles. The van der Waals surface area contributed by atoms with Crippen LogP contribution in [0.15, 0.2) is 78.1 Å². The maximum absolute atomic E-state index is 11.4. The molecule has 0 amide bonds. The molecule has 0 bridgehead atoms. The normalized spacial score (nSPS) is 11.0. The minimum atomic E-state index is -0.201. The summed E-state index contributed by atoms with van der Waals surface area (Å²) in [6, 6.07) is 21.1. The molecule has 0 aliphatic carbocycles. The lowest BCUT2D eigenvalue weighted by Gasteiger charge is -2.10. The van der Waals surface area contributed by atoms with Crippen LogP contribution in [0.25, 0.3) is 0 Å². The van der Waals surface area contributed by atoms with Crippen molar-refractivity contribution in [3.63, 3.8) is 0 Å². The van der Waals surface area contributed by atoms with Crippen LogP contribution >= 0.6 is 0 Å². The quantitative estimate of drug-likeness (QED) is 0.229. The van der Waals surface area contributed by atoms with E-state index in [-0.39, 0.29) is 5.97 Å². The van der Waals surface area contributed by atoms with Crippen LogP contribution in [-0.4, -0.2) is 37.0 Å². The van der Waals surface area contributed by atoms with Gasteiger partial charge in [0.15, 0.2) is 0 Å². The third-order valence-corrected chi connectivity index (χ3v) is 4.71. The topological polar surface area (TPSA) is 79.2 Å². The molecule has 1 aromatic heterocycles. The highest BCUT2D eigenvalue weighted by molar-refractivity contribution is 6.01. The smallest absolute Gasteiger partial charge is 0.306 e. The number of carbonyl (C=O) groups excluding carboxylic acids is 1. The second-order valence-corrected chi connectivity index (χ2v) is 7.12. The van der Waals surface area contributed by atoms with Crippen LogP contribution < -0.4 is 9.47 Å². The Morgan fingerprint density at radius 1 is 0.939 bits per heavy atom. The minimum absolute atomic E-state index is 0.201. The predicted molar refractivity (Wildman–Crippen MR) is 125 cm³/mol. The highest BCUT2D eigenvalue weighted by Crippen LogP contribution is 2.16. The molecule has 0 atom stereocenters. The van der Waals surface area contributed by atoms with Gasteiger partial charge in [-0.25, -0.2) is 4.98 Å². The first-order chi connectivity index (χ1) is 16.2. The number of ether oxygens (including phenoxy) is 3. The van der Waals surface area contributed by atoms with Gasteiger partial charge in [0.25, 0.3) is 0 Å². The van der Waals surface area contributed by atoms with E-state index >= 15 is 0 Å². The maximum atomic E-state index is 11.4. The number of aryl methyl sites for hydroxylation is 1. The maximum Gasteiger partial charge on any atom is 0.306 e. The van der Waals surface area contributed by atoms with E-state index in [1.165, 1.54) is 7.11 Å². The number of oxime groups is 1. The molecule has 2 aromatic carbocycles.